The lowest BCUT2D eigenvalue weighted by Crippen LogP contribution is -2.28. The molecule has 0 saturated heterocycles. The second kappa shape index (κ2) is 3.09. The average Bonchev–Trinajstić information content (AvgIpc) is 1.86. The summed E-state index contributed by atoms with van der Waals surface area (Å²) >= 11 is 0. The maximum absolute atomic E-state index is 10.4. The second-order valence-electron chi connectivity index (χ2n) is 1.62. The Labute approximate surface area is 58.7 Å². The molecular formula is C4H8O5S. The Bertz CT molecular complexity index is 216. The summed E-state index contributed by atoms with van der Waals surface area (Å²) in [4.78, 5) is 10.2. The summed E-state index contributed by atoms with van der Waals surface area (Å²) < 4.78 is 24.8. The molecule has 0 rings (SSSR count). The Hall–Kier alpha value is -0.460. The fourth-order valence-corrected chi connectivity index (χ4v) is 0.883. The molecular weight excluding hydrogens is 160 g/mol. The van der Waals surface area contributed by atoms with E-state index in [0.29, 0.717) is 0 Å². The molecule has 0 amide bonds. The first-order valence-corrected chi connectivity index (χ1v) is 3.87. The minimum absolute atomic E-state index is 0.859. The fraction of sp³-hybridized carbons (Fsp3) is 0.750. The Balaban J connectivity index is 4.51. The van der Waals surface area contributed by atoms with Gasteiger partial charge < -0.3 is 5.11 Å². The van der Waals surface area contributed by atoms with Crippen molar-refractivity contribution in [2.45, 2.75) is 12.4 Å². The molecule has 0 aromatic carbocycles. The van der Waals surface area contributed by atoms with Crippen molar-refractivity contribution in [1.82, 2.24) is 0 Å². The quantitative estimate of drug-likeness (QED) is 0.539. The molecule has 0 aliphatic rings. The molecule has 0 aromatic heterocycles. The van der Waals surface area contributed by atoms with Gasteiger partial charge in [0.15, 0.2) is 5.78 Å². The lowest BCUT2D eigenvalue weighted by atomic mass is 10.5. The van der Waals surface area contributed by atoms with Gasteiger partial charge in [-0.1, -0.05) is 0 Å². The van der Waals surface area contributed by atoms with Gasteiger partial charge in [0.2, 0.25) is 5.44 Å². The molecule has 1 atom stereocenters. The Morgan fingerprint density at radius 3 is 2.10 bits per heavy atom. The molecule has 1 N–H and O–H groups in total. The summed E-state index contributed by atoms with van der Waals surface area (Å²) in [6.45, 7) is 0.960. The number of hydrogen-bond acceptors (Lipinski definition) is 5. The van der Waals surface area contributed by atoms with Crippen molar-refractivity contribution in [2.24, 2.45) is 0 Å². The van der Waals surface area contributed by atoms with Gasteiger partial charge in [-0.05, 0) is 6.92 Å². The van der Waals surface area contributed by atoms with Gasteiger partial charge in [-0.3, -0.25) is 8.98 Å². The molecule has 6 heteroatoms. The van der Waals surface area contributed by atoms with Gasteiger partial charge in [0.1, 0.15) is 0 Å². The number of aliphatic hydroxyl groups excluding tert-OH is 1. The number of Topliss-reactive ketones (excluding diaryl/α,β-unsaturated/α-hetero) is 1. The molecule has 0 aliphatic heterocycles. The molecule has 0 aliphatic carbocycles. The first kappa shape index (κ1) is 9.54. The van der Waals surface area contributed by atoms with Gasteiger partial charge in [0.05, 0.1) is 7.11 Å². The number of rotatable bonds is 3. The van der Waals surface area contributed by atoms with Gasteiger partial charge in [-0.15, -0.1) is 0 Å². The molecule has 0 bridgehead atoms. The first-order chi connectivity index (χ1) is 4.41. The molecule has 0 radical (unpaired) electrons. The predicted molar refractivity (Wildman–Crippen MR) is 32.6 cm³/mol. The highest BCUT2D eigenvalue weighted by atomic mass is 32.2. The summed E-state index contributed by atoms with van der Waals surface area (Å²) in [7, 11) is -3.21. The molecule has 60 valence electrons. The van der Waals surface area contributed by atoms with Crippen LogP contribution in [0.4, 0.5) is 0 Å². The number of ketones is 1. The van der Waals surface area contributed by atoms with Crippen molar-refractivity contribution < 1.29 is 22.5 Å². The van der Waals surface area contributed by atoms with E-state index in [0.717, 1.165) is 14.0 Å². The molecule has 0 saturated carbocycles. The molecule has 0 heterocycles. The van der Waals surface area contributed by atoms with E-state index in [1.54, 1.807) is 0 Å². The maximum Gasteiger partial charge on any atom is 0.301 e. The Morgan fingerprint density at radius 2 is 2.00 bits per heavy atom. The normalized spacial score (nSPS) is 14.7. The standard InChI is InChI=1S/C4H8O5S/c1-3(5)4(6)10(7,8)9-2/h4,6H,1-2H3. The van der Waals surface area contributed by atoms with Gasteiger partial charge >= 0.3 is 10.1 Å². The van der Waals surface area contributed by atoms with Crippen molar-refractivity contribution in [1.29, 1.82) is 0 Å². The lowest BCUT2D eigenvalue weighted by Gasteiger charge is -2.04. The van der Waals surface area contributed by atoms with Gasteiger partial charge in [0.25, 0.3) is 0 Å². The van der Waals surface area contributed by atoms with E-state index < -0.39 is 21.3 Å². The zero-order chi connectivity index (χ0) is 8.36. The molecule has 0 spiro atoms. The third-order valence-electron chi connectivity index (χ3n) is 0.854. The first-order valence-electron chi connectivity index (χ1n) is 2.39. The number of carbonyl (C=O) groups is 1. The fourth-order valence-electron chi connectivity index (χ4n) is 0.294. The summed E-state index contributed by atoms with van der Waals surface area (Å²) in [6.07, 6.45) is 0. The van der Waals surface area contributed by atoms with Crippen LogP contribution in [0, 0.1) is 0 Å². The van der Waals surface area contributed by atoms with E-state index in [1.807, 2.05) is 0 Å². The minimum atomic E-state index is -4.09. The summed E-state index contributed by atoms with van der Waals surface area (Å²) in [6, 6.07) is 0. The third kappa shape index (κ3) is 2.05. The number of hydrogen-bond donors (Lipinski definition) is 1. The largest absolute Gasteiger partial charge is 0.369 e. The van der Waals surface area contributed by atoms with Crippen LogP contribution in [-0.2, 0) is 19.1 Å². The second-order valence-corrected chi connectivity index (χ2v) is 3.39. The van der Waals surface area contributed by atoms with Crippen molar-refractivity contribution in [3.63, 3.8) is 0 Å². The summed E-state index contributed by atoms with van der Waals surface area (Å²) in [5.74, 6) is -0.859. The van der Waals surface area contributed by atoms with E-state index in [9.17, 15) is 13.2 Å². The lowest BCUT2D eigenvalue weighted by molar-refractivity contribution is -0.121. The highest BCUT2D eigenvalue weighted by Crippen LogP contribution is 1.99. The number of aliphatic hydroxyl groups is 1. The summed E-state index contributed by atoms with van der Waals surface area (Å²) in [5, 5.41) is 8.59. The highest BCUT2D eigenvalue weighted by molar-refractivity contribution is 7.87. The van der Waals surface area contributed by atoms with Crippen LogP contribution in [0.1, 0.15) is 6.92 Å². The average molecular weight is 168 g/mol. The molecule has 0 aromatic rings. The molecule has 10 heavy (non-hydrogen) atoms. The molecule has 0 fully saturated rings. The van der Waals surface area contributed by atoms with Crippen LogP contribution < -0.4 is 0 Å². The van der Waals surface area contributed by atoms with E-state index >= 15 is 0 Å². The van der Waals surface area contributed by atoms with Crippen molar-refractivity contribution in [2.75, 3.05) is 7.11 Å². The molecule has 5 nitrogen and oxygen atoms in total. The van der Waals surface area contributed by atoms with Crippen LogP contribution in [0.2, 0.25) is 0 Å². The van der Waals surface area contributed by atoms with Crippen LogP contribution in [0.15, 0.2) is 0 Å². The van der Waals surface area contributed by atoms with E-state index in [1.165, 1.54) is 0 Å². The zero-order valence-electron chi connectivity index (χ0n) is 5.57. The van der Waals surface area contributed by atoms with E-state index in [-0.39, 0.29) is 0 Å². The van der Waals surface area contributed by atoms with Crippen LogP contribution in [-0.4, -0.2) is 31.9 Å². The smallest absolute Gasteiger partial charge is 0.301 e. The van der Waals surface area contributed by atoms with E-state index in [4.69, 9.17) is 5.11 Å². The maximum atomic E-state index is 10.4. The summed E-state index contributed by atoms with van der Waals surface area (Å²) in [5.41, 5.74) is -2.06. The van der Waals surface area contributed by atoms with Crippen LogP contribution >= 0.6 is 0 Å². The Kier molecular flexibility index (Phi) is 2.95. The topological polar surface area (TPSA) is 80.7 Å². The van der Waals surface area contributed by atoms with Crippen molar-refractivity contribution >= 4 is 15.9 Å². The van der Waals surface area contributed by atoms with Crippen LogP contribution in [0.3, 0.4) is 0 Å². The van der Waals surface area contributed by atoms with Gasteiger partial charge in [-0.25, -0.2) is 0 Å². The van der Waals surface area contributed by atoms with Crippen molar-refractivity contribution in [3.8, 4) is 0 Å². The monoisotopic (exact) mass is 168 g/mol. The number of carbonyl (C=O) groups excluding carboxylic acids is 1. The predicted octanol–water partition coefficient (Wildman–Crippen LogP) is -1.13. The minimum Gasteiger partial charge on any atom is -0.369 e. The van der Waals surface area contributed by atoms with Crippen LogP contribution in [0.25, 0.3) is 0 Å². The van der Waals surface area contributed by atoms with Crippen LogP contribution in [0.5, 0.6) is 0 Å². The van der Waals surface area contributed by atoms with E-state index in [2.05, 4.69) is 4.18 Å². The van der Waals surface area contributed by atoms with Gasteiger partial charge in [0, 0.05) is 0 Å². The van der Waals surface area contributed by atoms with Crippen molar-refractivity contribution in [3.05, 3.63) is 0 Å². The molecule has 1 unspecified atom stereocenters. The highest BCUT2D eigenvalue weighted by Gasteiger charge is 2.26. The zero-order valence-corrected chi connectivity index (χ0v) is 6.38. The SMILES string of the molecule is COS(=O)(=O)C(O)C(C)=O. The Morgan fingerprint density at radius 1 is 1.60 bits per heavy atom. The van der Waals surface area contributed by atoms with Gasteiger partial charge in [-0.2, -0.15) is 8.42 Å². The third-order valence-corrected chi connectivity index (χ3v) is 2.20.